The predicted molar refractivity (Wildman–Crippen MR) is 138 cm³/mol. The Labute approximate surface area is 213 Å². The lowest BCUT2D eigenvalue weighted by Crippen LogP contribution is -2.71. The Balaban J connectivity index is 1.69. The topological polar surface area (TPSA) is 95.6 Å². The zero-order valence-corrected chi connectivity index (χ0v) is 19.8. The van der Waals surface area contributed by atoms with Crippen molar-refractivity contribution >= 4 is 23.8 Å². The maximum atomic E-state index is 14.0. The van der Waals surface area contributed by atoms with Gasteiger partial charge in [0.15, 0.2) is 0 Å². The standard InChI is InChI=1S/C30H23N3O4/c34-26(24-14-8-3-9-15-24)33(20-21-10-4-1-5-11-21)30(27(35)31-29(37)32-28(30)36)25-18-16-23(17-19-25)22-12-6-2-7-13-22/h1-19H,20H2,(H2,31,32,35,36,37). The van der Waals surface area contributed by atoms with Gasteiger partial charge >= 0.3 is 6.03 Å². The lowest BCUT2D eigenvalue weighted by Gasteiger charge is -2.43. The number of barbiturate groups is 1. The van der Waals surface area contributed by atoms with E-state index in [0.717, 1.165) is 11.1 Å². The quantitative estimate of drug-likeness (QED) is 0.396. The van der Waals surface area contributed by atoms with Gasteiger partial charge in [-0.1, -0.05) is 103 Å². The summed E-state index contributed by atoms with van der Waals surface area (Å²) >= 11 is 0. The highest BCUT2D eigenvalue weighted by molar-refractivity contribution is 6.24. The van der Waals surface area contributed by atoms with Gasteiger partial charge in [-0.2, -0.15) is 0 Å². The molecule has 37 heavy (non-hydrogen) atoms. The number of hydrogen-bond acceptors (Lipinski definition) is 4. The van der Waals surface area contributed by atoms with Gasteiger partial charge in [0.05, 0.1) is 0 Å². The van der Waals surface area contributed by atoms with Crippen molar-refractivity contribution in [1.29, 1.82) is 0 Å². The molecule has 7 heteroatoms. The van der Waals surface area contributed by atoms with Gasteiger partial charge in [-0.15, -0.1) is 0 Å². The highest BCUT2D eigenvalue weighted by atomic mass is 16.2. The number of rotatable bonds is 6. The minimum Gasteiger partial charge on any atom is -0.308 e. The van der Waals surface area contributed by atoms with Gasteiger partial charge in [0, 0.05) is 12.1 Å². The molecule has 0 radical (unpaired) electrons. The van der Waals surface area contributed by atoms with Crippen LogP contribution in [0.3, 0.4) is 0 Å². The number of carbonyl (C=O) groups excluding carboxylic acids is 4. The molecule has 0 aromatic heterocycles. The van der Waals surface area contributed by atoms with Crippen molar-refractivity contribution in [3.05, 3.63) is 132 Å². The van der Waals surface area contributed by atoms with Crippen LogP contribution in [-0.4, -0.2) is 28.7 Å². The molecule has 4 aromatic carbocycles. The summed E-state index contributed by atoms with van der Waals surface area (Å²) in [5.41, 5.74) is 0.968. The molecule has 5 rings (SSSR count). The molecule has 1 saturated heterocycles. The second-order valence-corrected chi connectivity index (χ2v) is 8.63. The summed E-state index contributed by atoms with van der Waals surface area (Å²) in [6.07, 6.45) is 0. The van der Waals surface area contributed by atoms with Crippen LogP contribution >= 0.6 is 0 Å². The molecule has 1 heterocycles. The first-order chi connectivity index (χ1) is 18.0. The van der Waals surface area contributed by atoms with E-state index in [1.54, 1.807) is 66.7 Å². The third-order valence-corrected chi connectivity index (χ3v) is 6.38. The molecule has 0 unspecified atom stereocenters. The van der Waals surface area contributed by atoms with Crippen LogP contribution in [0.25, 0.3) is 11.1 Å². The number of benzene rings is 4. The Kier molecular flexibility index (Phi) is 6.34. The van der Waals surface area contributed by atoms with Crippen LogP contribution in [0.4, 0.5) is 4.79 Å². The van der Waals surface area contributed by atoms with Crippen LogP contribution < -0.4 is 10.6 Å². The van der Waals surface area contributed by atoms with Gasteiger partial charge in [-0.3, -0.25) is 25.0 Å². The molecule has 0 atom stereocenters. The summed E-state index contributed by atoms with van der Waals surface area (Å²) in [6.45, 7) is -0.0516. The molecule has 1 aliphatic heterocycles. The molecule has 0 aliphatic carbocycles. The molecule has 2 N–H and O–H groups in total. The first kappa shape index (κ1) is 23.7. The molecule has 182 valence electrons. The zero-order valence-electron chi connectivity index (χ0n) is 19.8. The average molecular weight is 490 g/mol. The van der Waals surface area contributed by atoms with E-state index in [-0.39, 0.29) is 12.1 Å². The Morgan fingerprint density at radius 1 is 0.622 bits per heavy atom. The van der Waals surface area contributed by atoms with E-state index in [2.05, 4.69) is 10.6 Å². The van der Waals surface area contributed by atoms with Crippen molar-refractivity contribution < 1.29 is 19.2 Å². The monoisotopic (exact) mass is 489 g/mol. The van der Waals surface area contributed by atoms with E-state index in [4.69, 9.17) is 0 Å². The van der Waals surface area contributed by atoms with Crippen molar-refractivity contribution in [2.45, 2.75) is 12.1 Å². The van der Waals surface area contributed by atoms with E-state index >= 15 is 0 Å². The number of carbonyl (C=O) groups is 4. The SMILES string of the molecule is O=C1NC(=O)C(c2ccc(-c3ccccc3)cc2)(N(Cc2ccccc2)C(=O)c2ccccc2)C(=O)N1. The normalized spacial score (nSPS) is 14.4. The lowest BCUT2D eigenvalue weighted by molar-refractivity contribution is -0.147. The third-order valence-electron chi connectivity index (χ3n) is 6.38. The van der Waals surface area contributed by atoms with Crippen LogP contribution in [0.1, 0.15) is 21.5 Å². The molecule has 1 fully saturated rings. The van der Waals surface area contributed by atoms with Crippen LogP contribution in [0.2, 0.25) is 0 Å². The van der Waals surface area contributed by atoms with Gasteiger partial charge in [0.25, 0.3) is 17.7 Å². The smallest absolute Gasteiger partial charge is 0.308 e. The van der Waals surface area contributed by atoms with Crippen molar-refractivity contribution in [1.82, 2.24) is 15.5 Å². The van der Waals surface area contributed by atoms with Crippen LogP contribution in [-0.2, 0) is 21.7 Å². The first-order valence-corrected chi connectivity index (χ1v) is 11.7. The average Bonchev–Trinajstić information content (AvgIpc) is 2.94. The molecule has 7 nitrogen and oxygen atoms in total. The highest BCUT2D eigenvalue weighted by Gasteiger charge is 2.58. The Morgan fingerprint density at radius 2 is 1.11 bits per heavy atom. The van der Waals surface area contributed by atoms with Gasteiger partial charge in [0.1, 0.15) is 0 Å². The largest absolute Gasteiger partial charge is 0.328 e. The second kappa shape index (κ2) is 9.91. The number of imide groups is 2. The molecule has 4 aromatic rings. The number of urea groups is 1. The van der Waals surface area contributed by atoms with Gasteiger partial charge < -0.3 is 4.90 Å². The fraction of sp³-hybridized carbons (Fsp3) is 0.0667. The summed E-state index contributed by atoms with van der Waals surface area (Å²) in [6, 6.07) is 33.1. The van der Waals surface area contributed by atoms with Gasteiger partial charge in [-0.25, -0.2) is 4.79 Å². The van der Waals surface area contributed by atoms with Crippen LogP contribution in [0, 0.1) is 0 Å². The molecular formula is C30H23N3O4. The number of nitrogens with zero attached hydrogens (tertiary/aromatic N) is 1. The van der Waals surface area contributed by atoms with Crippen molar-refractivity contribution in [3.8, 4) is 11.1 Å². The van der Waals surface area contributed by atoms with Gasteiger partial charge in [0.2, 0.25) is 5.54 Å². The summed E-state index contributed by atoms with van der Waals surface area (Å²) in [5, 5.41) is 4.43. The molecule has 5 amide bonds. The Bertz CT molecular complexity index is 1430. The van der Waals surface area contributed by atoms with Gasteiger partial charge in [-0.05, 0) is 34.4 Å². The summed E-state index contributed by atoms with van der Waals surface area (Å²) in [7, 11) is 0. The van der Waals surface area contributed by atoms with Crippen molar-refractivity contribution in [2.75, 3.05) is 0 Å². The summed E-state index contributed by atoms with van der Waals surface area (Å²) in [4.78, 5) is 54.6. The Morgan fingerprint density at radius 3 is 1.68 bits per heavy atom. The minimum absolute atomic E-state index is 0.0516. The highest BCUT2D eigenvalue weighted by Crippen LogP contribution is 2.35. The maximum absolute atomic E-state index is 14.0. The summed E-state index contributed by atoms with van der Waals surface area (Å²) < 4.78 is 0. The molecule has 0 spiro atoms. The van der Waals surface area contributed by atoms with E-state index in [1.165, 1.54) is 4.90 Å². The van der Waals surface area contributed by atoms with E-state index in [9.17, 15) is 19.2 Å². The molecule has 1 aliphatic rings. The van der Waals surface area contributed by atoms with Crippen LogP contribution in [0.15, 0.2) is 115 Å². The molecule has 0 saturated carbocycles. The number of hydrogen-bond donors (Lipinski definition) is 2. The minimum atomic E-state index is -2.13. The predicted octanol–water partition coefficient (Wildman–Crippen LogP) is 4.26. The fourth-order valence-electron chi connectivity index (χ4n) is 4.56. The lowest BCUT2D eigenvalue weighted by atomic mass is 9.82. The fourth-order valence-corrected chi connectivity index (χ4v) is 4.56. The maximum Gasteiger partial charge on any atom is 0.328 e. The third kappa shape index (κ3) is 4.38. The second-order valence-electron chi connectivity index (χ2n) is 8.63. The Hall–Kier alpha value is -5.04. The first-order valence-electron chi connectivity index (χ1n) is 11.7. The summed E-state index contributed by atoms with van der Waals surface area (Å²) in [5.74, 6) is -2.32. The van der Waals surface area contributed by atoms with Crippen LogP contribution in [0.5, 0.6) is 0 Å². The molecular weight excluding hydrogens is 466 g/mol. The van der Waals surface area contributed by atoms with E-state index in [1.807, 2.05) is 48.5 Å². The zero-order chi connectivity index (χ0) is 25.8. The van der Waals surface area contributed by atoms with Crippen molar-refractivity contribution in [3.63, 3.8) is 0 Å². The van der Waals surface area contributed by atoms with E-state index < -0.39 is 29.3 Å². The number of nitrogens with one attached hydrogen (secondary N) is 2. The molecule has 0 bridgehead atoms. The number of amides is 5. The van der Waals surface area contributed by atoms with E-state index in [0.29, 0.717) is 11.1 Å². The van der Waals surface area contributed by atoms with Crippen molar-refractivity contribution in [2.24, 2.45) is 0 Å².